The number of hydrogen-bond acceptors (Lipinski definition) is 6. The van der Waals surface area contributed by atoms with Gasteiger partial charge in [-0.15, -0.1) is 12.4 Å². The zero-order valence-electron chi connectivity index (χ0n) is 12.7. The van der Waals surface area contributed by atoms with Crippen LogP contribution < -0.4 is 9.47 Å². The first kappa shape index (κ1) is 18.5. The summed E-state index contributed by atoms with van der Waals surface area (Å²) < 4.78 is 20.9. The number of halogens is 1. The third kappa shape index (κ3) is 6.09. The first-order valence-corrected chi connectivity index (χ1v) is 7.01. The van der Waals surface area contributed by atoms with Gasteiger partial charge in [-0.25, -0.2) is 4.79 Å². The summed E-state index contributed by atoms with van der Waals surface area (Å²) in [4.78, 5) is 13.8. The van der Waals surface area contributed by atoms with Gasteiger partial charge in [0, 0.05) is 19.6 Å². The standard InChI is InChI=1S/C15H21NO5.ClH/c1-18-13-4-2-3-5-14(13)21-12-15(17)20-11-8-16-6-9-19-10-7-16;/h2-5H,6-12H2,1H3;1H. The molecule has 0 bridgehead atoms. The maximum absolute atomic E-state index is 11.6. The van der Waals surface area contributed by atoms with Crippen LogP contribution in [0.1, 0.15) is 0 Å². The van der Waals surface area contributed by atoms with E-state index in [9.17, 15) is 4.79 Å². The Bertz CT molecular complexity index is 451. The van der Waals surface area contributed by atoms with Gasteiger partial charge in [0.15, 0.2) is 18.1 Å². The molecule has 1 aliphatic heterocycles. The molecule has 0 N–H and O–H groups in total. The summed E-state index contributed by atoms with van der Waals surface area (Å²) in [5.74, 6) is 0.748. The summed E-state index contributed by atoms with van der Waals surface area (Å²) in [5, 5.41) is 0. The monoisotopic (exact) mass is 331 g/mol. The second-order valence-electron chi connectivity index (χ2n) is 4.61. The van der Waals surface area contributed by atoms with Gasteiger partial charge in [-0.05, 0) is 12.1 Å². The van der Waals surface area contributed by atoms with Crippen LogP contribution in [0.5, 0.6) is 11.5 Å². The Kier molecular flexibility index (Phi) is 8.65. The molecule has 2 rings (SSSR count). The summed E-state index contributed by atoms with van der Waals surface area (Å²) in [6, 6.07) is 7.19. The van der Waals surface area contributed by atoms with Gasteiger partial charge in [-0.2, -0.15) is 0 Å². The molecule has 0 unspecified atom stereocenters. The topological polar surface area (TPSA) is 57.2 Å². The third-order valence-electron chi connectivity index (χ3n) is 3.19. The summed E-state index contributed by atoms with van der Waals surface area (Å²) >= 11 is 0. The Morgan fingerprint density at radius 2 is 1.91 bits per heavy atom. The van der Waals surface area contributed by atoms with Gasteiger partial charge in [0.1, 0.15) is 6.61 Å². The maximum atomic E-state index is 11.6. The quantitative estimate of drug-likeness (QED) is 0.703. The lowest BCUT2D eigenvalue weighted by molar-refractivity contribution is -0.146. The third-order valence-corrected chi connectivity index (χ3v) is 3.19. The first-order valence-electron chi connectivity index (χ1n) is 7.01. The fraction of sp³-hybridized carbons (Fsp3) is 0.533. The molecule has 7 heteroatoms. The number of ether oxygens (including phenoxy) is 4. The average Bonchev–Trinajstić information content (AvgIpc) is 2.54. The van der Waals surface area contributed by atoms with Gasteiger partial charge >= 0.3 is 5.97 Å². The predicted molar refractivity (Wildman–Crippen MR) is 84.0 cm³/mol. The van der Waals surface area contributed by atoms with Gasteiger partial charge in [0.25, 0.3) is 0 Å². The summed E-state index contributed by atoms with van der Waals surface area (Å²) in [6.45, 7) is 4.22. The number of benzene rings is 1. The second-order valence-corrected chi connectivity index (χ2v) is 4.61. The molecule has 1 heterocycles. The first-order chi connectivity index (χ1) is 10.3. The molecule has 124 valence electrons. The van der Waals surface area contributed by atoms with E-state index >= 15 is 0 Å². The Labute approximate surface area is 136 Å². The summed E-state index contributed by atoms with van der Waals surface area (Å²) in [7, 11) is 1.56. The van der Waals surface area contributed by atoms with Crippen molar-refractivity contribution < 1.29 is 23.7 Å². The van der Waals surface area contributed by atoms with E-state index < -0.39 is 0 Å². The maximum Gasteiger partial charge on any atom is 0.344 e. The zero-order chi connectivity index (χ0) is 14.9. The van der Waals surface area contributed by atoms with E-state index in [0.717, 1.165) is 32.8 Å². The molecule has 0 amide bonds. The average molecular weight is 332 g/mol. The zero-order valence-corrected chi connectivity index (χ0v) is 13.5. The Morgan fingerprint density at radius 1 is 1.23 bits per heavy atom. The molecular weight excluding hydrogens is 310 g/mol. The molecule has 1 aliphatic rings. The molecule has 0 spiro atoms. The number of carbonyl (C=O) groups is 1. The van der Waals surface area contributed by atoms with Gasteiger partial charge in [0.2, 0.25) is 0 Å². The largest absolute Gasteiger partial charge is 0.493 e. The highest BCUT2D eigenvalue weighted by Gasteiger charge is 2.12. The number of morpholine rings is 1. The van der Waals surface area contributed by atoms with Crippen LogP contribution in [0.2, 0.25) is 0 Å². The highest BCUT2D eigenvalue weighted by Crippen LogP contribution is 2.25. The highest BCUT2D eigenvalue weighted by molar-refractivity contribution is 5.85. The minimum atomic E-state index is -0.380. The van der Waals surface area contributed by atoms with Crippen molar-refractivity contribution in [3.63, 3.8) is 0 Å². The van der Waals surface area contributed by atoms with Crippen LogP contribution in [0.4, 0.5) is 0 Å². The van der Waals surface area contributed by atoms with Crippen LogP contribution in [-0.4, -0.2) is 64.0 Å². The van der Waals surface area contributed by atoms with E-state index in [0.29, 0.717) is 18.1 Å². The second kappa shape index (κ2) is 10.3. The number of esters is 1. The van der Waals surface area contributed by atoms with Crippen molar-refractivity contribution in [1.29, 1.82) is 0 Å². The van der Waals surface area contributed by atoms with Gasteiger partial charge in [-0.1, -0.05) is 12.1 Å². The van der Waals surface area contributed by atoms with Gasteiger partial charge < -0.3 is 18.9 Å². The van der Waals surface area contributed by atoms with Gasteiger partial charge in [0.05, 0.1) is 20.3 Å². The number of methoxy groups -OCH3 is 1. The summed E-state index contributed by atoms with van der Waals surface area (Å²) in [5.41, 5.74) is 0. The molecular formula is C15H22ClNO5. The van der Waals surface area contributed by atoms with Crippen LogP contribution >= 0.6 is 12.4 Å². The molecule has 1 fully saturated rings. The molecule has 0 saturated carbocycles. The fourth-order valence-electron chi connectivity index (χ4n) is 2.03. The SMILES string of the molecule is COc1ccccc1OCC(=O)OCCN1CCOCC1.Cl. The van der Waals surface area contributed by atoms with E-state index in [1.165, 1.54) is 0 Å². The normalized spacial score (nSPS) is 14.8. The number of rotatable bonds is 7. The molecule has 0 aromatic heterocycles. The number of nitrogens with zero attached hydrogens (tertiary/aromatic N) is 1. The smallest absolute Gasteiger partial charge is 0.344 e. The number of para-hydroxylation sites is 2. The lowest BCUT2D eigenvalue weighted by atomic mass is 10.3. The van der Waals surface area contributed by atoms with Crippen molar-refractivity contribution in [2.75, 3.05) is 53.2 Å². The molecule has 0 radical (unpaired) electrons. The molecule has 1 aromatic rings. The molecule has 1 aromatic carbocycles. The van der Waals surface area contributed by atoms with Crippen LogP contribution in [0.15, 0.2) is 24.3 Å². The minimum Gasteiger partial charge on any atom is -0.493 e. The minimum absolute atomic E-state index is 0. The van der Waals surface area contributed by atoms with E-state index in [1.54, 1.807) is 19.2 Å². The van der Waals surface area contributed by atoms with Crippen LogP contribution in [-0.2, 0) is 14.3 Å². The Balaban J connectivity index is 0.00000242. The van der Waals surface area contributed by atoms with Crippen molar-refractivity contribution in [2.45, 2.75) is 0 Å². The van der Waals surface area contributed by atoms with Gasteiger partial charge in [-0.3, -0.25) is 4.90 Å². The van der Waals surface area contributed by atoms with Crippen LogP contribution in [0, 0.1) is 0 Å². The summed E-state index contributed by atoms with van der Waals surface area (Å²) in [6.07, 6.45) is 0. The molecule has 1 saturated heterocycles. The van der Waals surface area contributed by atoms with Crippen molar-refractivity contribution >= 4 is 18.4 Å². The predicted octanol–water partition coefficient (Wildman–Crippen LogP) is 1.37. The highest BCUT2D eigenvalue weighted by atomic mass is 35.5. The number of hydrogen-bond donors (Lipinski definition) is 0. The molecule has 22 heavy (non-hydrogen) atoms. The van der Waals surface area contributed by atoms with Crippen molar-refractivity contribution in [2.24, 2.45) is 0 Å². The number of carbonyl (C=O) groups excluding carboxylic acids is 1. The fourth-order valence-corrected chi connectivity index (χ4v) is 2.03. The molecule has 0 atom stereocenters. The van der Waals surface area contributed by atoms with E-state index in [1.807, 2.05) is 12.1 Å². The van der Waals surface area contributed by atoms with E-state index in [2.05, 4.69) is 4.90 Å². The van der Waals surface area contributed by atoms with Crippen molar-refractivity contribution in [3.8, 4) is 11.5 Å². The van der Waals surface area contributed by atoms with Crippen molar-refractivity contribution in [1.82, 2.24) is 4.90 Å². The molecule has 6 nitrogen and oxygen atoms in total. The van der Waals surface area contributed by atoms with E-state index in [4.69, 9.17) is 18.9 Å². The van der Waals surface area contributed by atoms with Crippen molar-refractivity contribution in [3.05, 3.63) is 24.3 Å². The van der Waals surface area contributed by atoms with Crippen LogP contribution in [0.3, 0.4) is 0 Å². The van der Waals surface area contributed by atoms with Crippen LogP contribution in [0.25, 0.3) is 0 Å². The molecule has 0 aliphatic carbocycles. The van der Waals surface area contributed by atoms with E-state index in [-0.39, 0.29) is 25.0 Å². The lowest BCUT2D eigenvalue weighted by Gasteiger charge is -2.26. The lowest BCUT2D eigenvalue weighted by Crippen LogP contribution is -2.38. The Hall–Kier alpha value is -1.50. The Morgan fingerprint density at radius 3 is 2.59 bits per heavy atom.